The highest BCUT2D eigenvalue weighted by Gasteiger charge is 2.32. The van der Waals surface area contributed by atoms with Crippen molar-refractivity contribution in [2.45, 2.75) is 76.5 Å². The van der Waals surface area contributed by atoms with Crippen LogP contribution in [0.1, 0.15) is 84.9 Å². The molecule has 2 aromatic carbocycles. The first kappa shape index (κ1) is 40.0. The fourth-order valence-electron chi connectivity index (χ4n) is 9.13. The van der Waals surface area contributed by atoms with Gasteiger partial charge in [-0.25, -0.2) is 18.7 Å². The number of nitrogens with one attached hydrogen (secondary N) is 2. The Morgan fingerprint density at radius 2 is 1.85 bits per heavy atom. The number of fused-ring (bicyclic) bond motifs is 2. The minimum atomic E-state index is -0.750. The molecule has 3 amide bonds. The van der Waals surface area contributed by atoms with Gasteiger partial charge in [0.2, 0.25) is 11.8 Å². The first-order valence-corrected chi connectivity index (χ1v) is 20.9. The quantitative estimate of drug-likeness (QED) is 0.148. The molecule has 6 heterocycles. The maximum absolute atomic E-state index is 15.3. The molecule has 2 N–H and O–H groups in total. The summed E-state index contributed by atoms with van der Waals surface area (Å²) in [4.78, 5) is 57.9. The van der Waals surface area contributed by atoms with E-state index in [2.05, 4.69) is 37.5 Å². The summed E-state index contributed by atoms with van der Waals surface area (Å²) in [6, 6.07) is 11.6. The number of nitrogens with zero attached hydrogens (tertiary/aromatic N) is 8. The number of piperidine rings is 2. The number of imidazole rings is 1. The summed E-state index contributed by atoms with van der Waals surface area (Å²) in [6.45, 7) is 5.02. The molecule has 0 spiro atoms. The molecular weight excluding hydrogens is 780 g/mol. The van der Waals surface area contributed by atoms with Crippen LogP contribution >= 0.6 is 0 Å². The molecular formula is C45H47FN10O5. The number of halogens is 1. The number of carbonyl (C=O) groups excluding carboxylic acids is 3. The van der Waals surface area contributed by atoms with Crippen molar-refractivity contribution >= 4 is 40.1 Å². The first-order valence-electron chi connectivity index (χ1n) is 20.9. The number of benzene rings is 2. The number of rotatable bonds is 9. The minimum Gasteiger partial charge on any atom is -0.365 e. The lowest BCUT2D eigenvalue weighted by Crippen LogP contribution is -2.44. The Balaban J connectivity index is 0.781. The standard InChI is InChI=1S/C45H47FN10O5/c1-28-9-14-33(35(46)24-28)40-36(49-43(58)34-25-48-54-20-5-19-47-42(34)54)27-55(51-40)31-12-10-29(11-13-31)26-53-21-17-32(18-22-53)61-23-4-7-30-6-3-8-37-41(30)52(2)45(60)56(37)38-15-16-39(57)50-44(38)59/h3,5-6,8-9,14,19-20,24-25,27,29,31-32,38H,10-13,15-18,21-23,26H2,1-2H3,(H,49,58)(H,50,57,59). The van der Waals surface area contributed by atoms with Crippen LogP contribution in [0.15, 0.2) is 72.0 Å². The van der Waals surface area contributed by atoms with E-state index in [0.29, 0.717) is 50.7 Å². The summed E-state index contributed by atoms with van der Waals surface area (Å²) in [5.41, 5.74) is 4.30. The molecule has 15 nitrogen and oxygen atoms in total. The molecule has 2 saturated heterocycles. The highest BCUT2D eigenvalue weighted by molar-refractivity contribution is 6.09. The fraction of sp³-hybridized carbons (Fsp3) is 0.400. The molecule has 9 rings (SSSR count). The zero-order valence-electron chi connectivity index (χ0n) is 34.1. The van der Waals surface area contributed by atoms with Crippen LogP contribution in [-0.2, 0) is 21.4 Å². The van der Waals surface area contributed by atoms with Gasteiger partial charge in [-0.2, -0.15) is 10.2 Å². The smallest absolute Gasteiger partial charge is 0.329 e. The predicted molar refractivity (Wildman–Crippen MR) is 225 cm³/mol. The highest BCUT2D eigenvalue weighted by atomic mass is 19.1. The van der Waals surface area contributed by atoms with Crippen LogP contribution in [0, 0.1) is 30.5 Å². The molecule has 1 atom stereocenters. The number of amides is 3. The normalized spacial score (nSPS) is 20.1. The third-order valence-corrected chi connectivity index (χ3v) is 12.4. The van der Waals surface area contributed by atoms with Crippen LogP contribution in [0.4, 0.5) is 10.1 Å². The molecule has 0 bridgehead atoms. The van der Waals surface area contributed by atoms with E-state index in [1.54, 1.807) is 37.6 Å². The molecule has 0 radical (unpaired) electrons. The van der Waals surface area contributed by atoms with Crippen LogP contribution in [0.5, 0.6) is 0 Å². The van der Waals surface area contributed by atoms with Gasteiger partial charge in [-0.1, -0.05) is 24.0 Å². The van der Waals surface area contributed by atoms with Gasteiger partial charge in [0.1, 0.15) is 29.7 Å². The Bertz CT molecular complexity index is 2780. The van der Waals surface area contributed by atoms with E-state index in [-0.39, 0.29) is 43.2 Å². The molecule has 3 aliphatic rings. The van der Waals surface area contributed by atoms with Crippen molar-refractivity contribution in [2.24, 2.45) is 13.0 Å². The molecule has 1 unspecified atom stereocenters. The van der Waals surface area contributed by atoms with Crippen molar-refractivity contribution in [1.82, 2.24) is 43.7 Å². The first-order chi connectivity index (χ1) is 29.6. The van der Waals surface area contributed by atoms with Gasteiger partial charge in [0.25, 0.3) is 5.91 Å². The van der Waals surface area contributed by atoms with Crippen LogP contribution in [0.25, 0.3) is 27.9 Å². The lowest BCUT2D eigenvalue weighted by molar-refractivity contribution is -0.135. The van der Waals surface area contributed by atoms with E-state index in [9.17, 15) is 19.2 Å². The van der Waals surface area contributed by atoms with Gasteiger partial charge in [0, 0.05) is 57.3 Å². The molecule has 2 aliphatic heterocycles. The maximum atomic E-state index is 15.3. The van der Waals surface area contributed by atoms with Crippen LogP contribution in [0.2, 0.25) is 0 Å². The number of para-hydroxylation sites is 1. The second-order valence-corrected chi connectivity index (χ2v) is 16.4. The summed E-state index contributed by atoms with van der Waals surface area (Å²) < 4.78 is 27.9. The van der Waals surface area contributed by atoms with E-state index in [1.807, 2.05) is 36.0 Å². The average molecular weight is 827 g/mol. The number of carbonyl (C=O) groups is 3. The Kier molecular flexibility index (Phi) is 11.1. The Labute approximate surface area is 350 Å². The highest BCUT2D eigenvalue weighted by Crippen LogP contribution is 2.37. The number of aromatic nitrogens is 7. The van der Waals surface area contributed by atoms with Crippen molar-refractivity contribution in [1.29, 1.82) is 0 Å². The van der Waals surface area contributed by atoms with Crippen LogP contribution < -0.4 is 16.3 Å². The van der Waals surface area contributed by atoms with Crippen LogP contribution in [0.3, 0.4) is 0 Å². The van der Waals surface area contributed by atoms with Gasteiger partial charge in [-0.15, -0.1) is 0 Å². The minimum absolute atomic E-state index is 0.112. The number of aryl methyl sites for hydroxylation is 2. The van der Waals surface area contributed by atoms with Gasteiger partial charge in [0.05, 0.1) is 40.6 Å². The van der Waals surface area contributed by atoms with Gasteiger partial charge in [0.15, 0.2) is 5.65 Å². The van der Waals surface area contributed by atoms with E-state index in [4.69, 9.17) is 9.84 Å². The van der Waals surface area contributed by atoms with E-state index < -0.39 is 23.7 Å². The van der Waals surface area contributed by atoms with Crippen molar-refractivity contribution in [3.8, 4) is 23.1 Å². The summed E-state index contributed by atoms with van der Waals surface area (Å²) in [5.74, 6) is 5.29. The SMILES string of the molecule is Cc1ccc(-c2nn(C3CCC(CN4CCC(OCC#Cc5cccc6c5n(C)c(=O)n6C5CCC(=O)NC5=O)CC4)CC3)cc2NC(=O)c2cnn3cccnc23)c(F)c1. The molecule has 6 aromatic rings. The maximum Gasteiger partial charge on any atom is 0.329 e. The van der Waals surface area contributed by atoms with E-state index in [1.165, 1.54) is 25.9 Å². The van der Waals surface area contributed by atoms with Crippen molar-refractivity contribution in [3.63, 3.8) is 0 Å². The fourth-order valence-corrected chi connectivity index (χ4v) is 9.13. The zero-order chi connectivity index (χ0) is 42.2. The van der Waals surface area contributed by atoms with E-state index >= 15 is 4.39 Å². The molecule has 4 aromatic heterocycles. The molecule has 61 heavy (non-hydrogen) atoms. The lowest BCUT2D eigenvalue weighted by atomic mass is 9.85. The molecule has 3 fully saturated rings. The number of ether oxygens (including phenoxy) is 1. The van der Waals surface area contributed by atoms with Gasteiger partial charge >= 0.3 is 5.69 Å². The number of hydrogen-bond donors (Lipinski definition) is 2. The topological polar surface area (TPSA) is 163 Å². The summed E-state index contributed by atoms with van der Waals surface area (Å²) >= 11 is 0. The van der Waals surface area contributed by atoms with E-state index in [0.717, 1.165) is 63.7 Å². The number of anilines is 1. The summed E-state index contributed by atoms with van der Waals surface area (Å²) in [7, 11) is 1.67. The largest absolute Gasteiger partial charge is 0.365 e. The van der Waals surface area contributed by atoms with Crippen molar-refractivity contribution in [2.75, 3.05) is 31.6 Å². The zero-order valence-corrected chi connectivity index (χ0v) is 34.1. The second-order valence-electron chi connectivity index (χ2n) is 16.4. The molecule has 1 aliphatic carbocycles. The van der Waals surface area contributed by atoms with Gasteiger partial charge < -0.3 is 15.0 Å². The molecule has 1 saturated carbocycles. The third-order valence-electron chi connectivity index (χ3n) is 12.4. The number of imide groups is 1. The lowest BCUT2D eigenvalue weighted by Gasteiger charge is -2.36. The second kappa shape index (κ2) is 16.9. The number of hydrogen-bond acceptors (Lipinski definition) is 9. The van der Waals surface area contributed by atoms with Crippen molar-refractivity contribution in [3.05, 3.63) is 100 Å². The van der Waals surface area contributed by atoms with Crippen molar-refractivity contribution < 1.29 is 23.5 Å². The molecule has 16 heteroatoms. The Morgan fingerprint density at radius 3 is 2.64 bits per heavy atom. The van der Waals surface area contributed by atoms with Crippen LogP contribution in [-0.4, -0.2) is 88.5 Å². The van der Waals surface area contributed by atoms with Gasteiger partial charge in [-0.3, -0.25) is 33.5 Å². The Hall–Kier alpha value is -6.44. The average Bonchev–Trinajstić information content (AvgIpc) is 3.95. The third kappa shape index (κ3) is 8.10. The van der Waals surface area contributed by atoms with Gasteiger partial charge in [-0.05, 0) is 93.7 Å². The molecule has 314 valence electrons. The summed E-state index contributed by atoms with van der Waals surface area (Å²) in [6.07, 6.45) is 13.0. The number of likely N-dealkylation sites (tertiary alicyclic amines) is 1. The Morgan fingerprint density at radius 1 is 1.03 bits per heavy atom. The predicted octanol–water partition coefficient (Wildman–Crippen LogP) is 5.19. The summed E-state index contributed by atoms with van der Waals surface area (Å²) in [5, 5.41) is 14.5. The monoisotopic (exact) mass is 826 g/mol.